The van der Waals surface area contributed by atoms with Gasteiger partial charge in [-0.1, -0.05) is 18.2 Å². The van der Waals surface area contributed by atoms with Crippen LogP contribution in [0.25, 0.3) is 5.69 Å². The summed E-state index contributed by atoms with van der Waals surface area (Å²) in [6.45, 7) is 1.85. The second-order valence-corrected chi connectivity index (χ2v) is 8.01. The summed E-state index contributed by atoms with van der Waals surface area (Å²) in [6, 6.07) is 14.9. The van der Waals surface area contributed by atoms with E-state index in [1.165, 1.54) is 11.8 Å². The smallest absolute Gasteiger partial charge is 0.295 e. The predicted molar refractivity (Wildman–Crippen MR) is 118 cm³/mol. The van der Waals surface area contributed by atoms with Crippen LogP contribution in [0.3, 0.4) is 0 Å². The number of hydrogen-bond donors (Lipinski definition) is 0. The van der Waals surface area contributed by atoms with Gasteiger partial charge in [0.15, 0.2) is 0 Å². The molecule has 0 saturated carbocycles. The lowest BCUT2D eigenvalue weighted by atomic mass is 10.1. The van der Waals surface area contributed by atoms with Crippen molar-refractivity contribution in [1.29, 1.82) is 0 Å². The number of rotatable bonds is 5. The average Bonchev–Trinajstić information content (AvgIpc) is 3.24. The molecule has 1 unspecified atom stereocenters. The highest BCUT2D eigenvalue weighted by atomic mass is 32.2. The van der Waals surface area contributed by atoms with E-state index >= 15 is 0 Å². The van der Waals surface area contributed by atoms with Crippen LogP contribution in [0.2, 0.25) is 0 Å². The first kappa shape index (κ1) is 20.2. The van der Waals surface area contributed by atoms with Gasteiger partial charge in [-0.15, -0.1) is 11.8 Å². The number of anilines is 1. The molecular formula is C22H23N3O4S. The first-order valence-electron chi connectivity index (χ1n) is 9.47. The van der Waals surface area contributed by atoms with Gasteiger partial charge in [-0.2, -0.15) is 0 Å². The average molecular weight is 426 g/mol. The van der Waals surface area contributed by atoms with Gasteiger partial charge < -0.3 is 9.47 Å². The Balaban J connectivity index is 1.88. The van der Waals surface area contributed by atoms with E-state index in [0.29, 0.717) is 22.9 Å². The van der Waals surface area contributed by atoms with Crippen molar-refractivity contribution >= 4 is 23.4 Å². The molecule has 2 heterocycles. The second kappa shape index (κ2) is 7.95. The van der Waals surface area contributed by atoms with Crippen molar-refractivity contribution in [2.45, 2.75) is 12.3 Å². The van der Waals surface area contributed by atoms with Gasteiger partial charge in [0.1, 0.15) is 22.6 Å². The fraction of sp³-hybridized carbons (Fsp3) is 0.273. The van der Waals surface area contributed by atoms with Gasteiger partial charge in [-0.05, 0) is 37.3 Å². The van der Waals surface area contributed by atoms with Gasteiger partial charge in [0.2, 0.25) is 5.91 Å². The third kappa shape index (κ3) is 3.17. The normalized spacial score (nSPS) is 16.2. The summed E-state index contributed by atoms with van der Waals surface area (Å²) in [4.78, 5) is 28.0. The molecule has 0 bridgehead atoms. The minimum absolute atomic E-state index is 0.110. The molecule has 0 N–H and O–H groups in total. The number of benzene rings is 2. The molecule has 1 atom stereocenters. The molecular weight excluding hydrogens is 402 g/mol. The Morgan fingerprint density at radius 3 is 2.43 bits per heavy atom. The van der Waals surface area contributed by atoms with Gasteiger partial charge in [0.25, 0.3) is 5.56 Å². The van der Waals surface area contributed by atoms with Crippen molar-refractivity contribution in [1.82, 2.24) is 9.36 Å². The second-order valence-electron chi connectivity index (χ2n) is 6.95. The molecule has 1 amide bonds. The summed E-state index contributed by atoms with van der Waals surface area (Å²) in [6.07, 6.45) is 0. The quantitative estimate of drug-likeness (QED) is 0.628. The van der Waals surface area contributed by atoms with Crippen molar-refractivity contribution in [3.8, 4) is 17.2 Å². The molecule has 4 rings (SSSR count). The Hall–Kier alpha value is -3.13. The Labute approximate surface area is 178 Å². The molecule has 0 aliphatic carbocycles. The number of methoxy groups -OCH3 is 2. The molecule has 0 radical (unpaired) electrons. The number of nitrogens with zero attached hydrogens (tertiary/aromatic N) is 3. The zero-order chi connectivity index (χ0) is 21.4. The van der Waals surface area contributed by atoms with Crippen molar-refractivity contribution < 1.29 is 14.3 Å². The van der Waals surface area contributed by atoms with Crippen molar-refractivity contribution in [3.05, 3.63) is 70.1 Å². The lowest BCUT2D eigenvalue weighted by Gasteiger charge is -2.25. The highest BCUT2D eigenvalue weighted by Crippen LogP contribution is 2.45. The Morgan fingerprint density at radius 2 is 1.77 bits per heavy atom. The van der Waals surface area contributed by atoms with Crippen LogP contribution < -0.4 is 19.9 Å². The molecule has 30 heavy (non-hydrogen) atoms. The number of thioether (sulfide) groups is 1. The Kier molecular flexibility index (Phi) is 5.34. The number of amides is 1. The van der Waals surface area contributed by atoms with Crippen LogP contribution in [0.1, 0.15) is 16.6 Å². The Bertz CT molecular complexity index is 1150. The van der Waals surface area contributed by atoms with E-state index in [2.05, 4.69) is 0 Å². The summed E-state index contributed by atoms with van der Waals surface area (Å²) < 4.78 is 14.3. The lowest BCUT2D eigenvalue weighted by molar-refractivity contribution is -0.115. The number of para-hydroxylation sites is 1. The topological polar surface area (TPSA) is 65.7 Å². The summed E-state index contributed by atoms with van der Waals surface area (Å²) in [5, 5.41) is -0.388. The fourth-order valence-corrected chi connectivity index (χ4v) is 4.94. The third-order valence-electron chi connectivity index (χ3n) is 5.34. The number of carbonyl (C=O) groups excluding carboxylic acids is 1. The van der Waals surface area contributed by atoms with Gasteiger partial charge in [0, 0.05) is 12.6 Å². The van der Waals surface area contributed by atoms with Crippen LogP contribution in [0.15, 0.2) is 53.3 Å². The fourth-order valence-electron chi connectivity index (χ4n) is 3.76. The van der Waals surface area contributed by atoms with E-state index in [9.17, 15) is 9.59 Å². The number of hydrogen-bond acceptors (Lipinski definition) is 5. The van der Waals surface area contributed by atoms with E-state index in [0.717, 1.165) is 11.3 Å². The monoisotopic (exact) mass is 425 g/mol. The van der Waals surface area contributed by atoms with Gasteiger partial charge >= 0.3 is 0 Å². The molecule has 1 saturated heterocycles. The summed E-state index contributed by atoms with van der Waals surface area (Å²) in [5.74, 6) is 1.48. The van der Waals surface area contributed by atoms with Gasteiger partial charge in [-0.25, -0.2) is 4.68 Å². The predicted octanol–water partition coefficient (Wildman–Crippen LogP) is 3.28. The molecule has 0 spiro atoms. The molecule has 156 valence electrons. The van der Waals surface area contributed by atoms with Crippen LogP contribution >= 0.6 is 11.8 Å². The van der Waals surface area contributed by atoms with Crippen LogP contribution in [0.5, 0.6) is 11.5 Å². The molecule has 1 aliphatic heterocycles. The maximum absolute atomic E-state index is 13.5. The largest absolute Gasteiger partial charge is 0.497 e. The van der Waals surface area contributed by atoms with Crippen molar-refractivity contribution in [3.63, 3.8) is 0 Å². The third-order valence-corrected chi connectivity index (χ3v) is 6.53. The van der Waals surface area contributed by atoms with E-state index in [1.54, 1.807) is 28.5 Å². The molecule has 3 aromatic rings. The lowest BCUT2D eigenvalue weighted by Crippen LogP contribution is -2.33. The number of aromatic nitrogens is 2. The van der Waals surface area contributed by atoms with E-state index in [4.69, 9.17) is 9.47 Å². The van der Waals surface area contributed by atoms with Crippen LogP contribution in [0.4, 0.5) is 5.69 Å². The molecule has 1 fully saturated rings. The molecule has 7 nitrogen and oxygen atoms in total. The van der Waals surface area contributed by atoms with Crippen LogP contribution in [-0.4, -0.2) is 35.2 Å². The SMILES string of the molecule is COc1ccc(OC)c(C2SCC(=O)N2c2c(C)n(C)n(-c3ccccc3)c2=O)c1. The highest BCUT2D eigenvalue weighted by Gasteiger charge is 2.39. The maximum Gasteiger partial charge on any atom is 0.295 e. The highest BCUT2D eigenvalue weighted by molar-refractivity contribution is 8.00. The number of ether oxygens (including phenoxy) is 2. The first-order valence-corrected chi connectivity index (χ1v) is 10.5. The zero-order valence-corrected chi connectivity index (χ0v) is 18.1. The van der Waals surface area contributed by atoms with Crippen LogP contribution in [-0.2, 0) is 11.8 Å². The van der Waals surface area contributed by atoms with E-state index in [-0.39, 0.29) is 22.6 Å². The number of carbonyl (C=O) groups is 1. The molecule has 1 aromatic heterocycles. The first-order chi connectivity index (χ1) is 14.5. The summed E-state index contributed by atoms with van der Waals surface area (Å²) in [7, 11) is 5.01. The maximum atomic E-state index is 13.5. The van der Waals surface area contributed by atoms with E-state index in [1.807, 2.05) is 62.5 Å². The standard InChI is InChI=1S/C22H23N3O4S/c1-14-20(21(27)25(23(14)2)15-8-6-5-7-9-15)24-19(26)13-30-22(24)17-12-16(28-3)10-11-18(17)29-4/h5-12,22H,13H2,1-4H3. The molecule has 1 aliphatic rings. The van der Waals surface area contributed by atoms with Crippen molar-refractivity contribution in [2.24, 2.45) is 7.05 Å². The van der Waals surface area contributed by atoms with Gasteiger partial charge in [-0.3, -0.25) is 19.2 Å². The summed E-state index contributed by atoms with van der Waals surface area (Å²) in [5.41, 5.74) is 2.40. The van der Waals surface area contributed by atoms with Gasteiger partial charge in [0.05, 0.1) is 31.4 Å². The zero-order valence-electron chi connectivity index (χ0n) is 17.3. The molecule has 8 heteroatoms. The minimum Gasteiger partial charge on any atom is -0.497 e. The van der Waals surface area contributed by atoms with E-state index < -0.39 is 0 Å². The van der Waals surface area contributed by atoms with Crippen LogP contribution in [0, 0.1) is 6.92 Å². The summed E-state index contributed by atoms with van der Waals surface area (Å²) >= 11 is 1.47. The molecule has 2 aromatic carbocycles. The van der Waals surface area contributed by atoms with Crippen molar-refractivity contribution in [2.75, 3.05) is 24.9 Å². The minimum atomic E-state index is -0.388. The Morgan fingerprint density at radius 1 is 1.03 bits per heavy atom.